The zero-order valence-corrected chi connectivity index (χ0v) is 18.3. The highest BCUT2D eigenvalue weighted by Gasteiger charge is 2.10. The average molecular weight is 437 g/mol. The van der Waals surface area contributed by atoms with Gasteiger partial charge in [-0.1, -0.05) is 13.2 Å². The van der Waals surface area contributed by atoms with E-state index in [1.165, 1.54) is 6.08 Å². The lowest BCUT2D eigenvalue weighted by atomic mass is 10.1. The molecule has 0 aromatic heterocycles. The highest BCUT2D eigenvalue weighted by atomic mass is 16.5. The SMILES string of the molecule is C=CC(=O)c1ccc(OC(=O)c2ccc(OCCCCCCOC(=O)C(=C)C)cc2)cc1. The number of benzene rings is 2. The van der Waals surface area contributed by atoms with Crippen molar-refractivity contribution in [1.29, 1.82) is 0 Å². The van der Waals surface area contributed by atoms with Crippen LogP contribution in [0.4, 0.5) is 0 Å². The summed E-state index contributed by atoms with van der Waals surface area (Å²) < 4.78 is 16.1. The van der Waals surface area contributed by atoms with Crippen LogP contribution in [0.25, 0.3) is 0 Å². The van der Waals surface area contributed by atoms with Crippen molar-refractivity contribution in [2.75, 3.05) is 13.2 Å². The number of hydrogen-bond donors (Lipinski definition) is 0. The van der Waals surface area contributed by atoms with E-state index in [1.807, 2.05) is 0 Å². The zero-order chi connectivity index (χ0) is 23.3. The largest absolute Gasteiger partial charge is 0.494 e. The molecule has 0 N–H and O–H groups in total. The molecule has 2 rings (SSSR count). The van der Waals surface area contributed by atoms with E-state index in [4.69, 9.17) is 14.2 Å². The molecule has 0 spiro atoms. The molecule has 0 heterocycles. The summed E-state index contributed by atoms with van der Waals surface area (Å²) in [6.07, 6.45) is 4.83. The summed E-state index contributed by atoms with van der Waals surface area (Å²) in [5.41, 5.74) is 1.29. The topological polar surface area (TPSA) is 78.9 Å². The van der Waals surface area contributed by atoms with Crippen molar-refractivity contribution in [3.8, 4) is 11.5 Å². The first-order valence-corrected chi connectivity index (χ1v) is 10.4. The molecule has 168 valence electrons. The van der Waals surface area contributed by atoms with Crippen molar-refractivity contribution in [1.82, 2.24) is 0 Å². The van der Waals surface area contributed by atoms with Crippen molar-refractivity contribution < 1.29 is 28.6 Å². The number of ketones is 1. The van der Waals surface area contributed by atoms with Gasteiger partial charge in [-0.05, 0) is 87.2 Å². The molecule has 0 atom stereocenters. The minimum atomic E-state index is -0.494. The lowest BCUT2D eigenvalue weighted by Crippen LogP contribution is -2.08. The fourth-order valence-corrected chi connectivity index (χ4v) is 2.69. The molecule has 0 amide bonds. The lowest BCUT2D eigenvalue weighted by molar-refractivity contribution is -0.139. The van der Waals surface area contributed by atoms with Gasteiger partial charge in [-0.3, -0.25) is 4.79 Å². The van der Waals surface area contributed by atoms with Gasteiger partial charge in [0.25, 0.3) is 0 Å². The second-order valence-electron chi connectivity index (χ2n) is 7.19. The summed E-state index contributed by atoms with van der Waals surface area (Å²) >= 11 is 0. The molecule has 0 unspecified atom stereocenters. The number of allylic oxidation sites excluding steroid dienone is 1. The highest BCUT2D eigenvalue weighted by molar-refractivity contribution is 6.04. The maximum Gasteiger partial charge on any atom is 0.343 e. The summed E-state index contributed by atoms with van der Waals surface area (Å²) in [6, 6.07) is 13.0. The number of unbranched alkanes of at least 4 members (excludes halogenated alkanes) is 3. The Labute approximate surface area is 188 Å². The minimum absolute atomic E-state index is 0.192. The predicted octanol–water partition coefficient (Wildman–Crippen LogP) is 5.33. The molecule has 2 aromatic rings. The van der Waals surface area contributed by atoms with Crippen molar-refractivity contribution in [2.45, 2.75) is 32.6 Å². The highest BCUT2D eigenvalue weighted by Crippen LogP contribution is 2.17. The van der Waals surface area contributed by atoms with Crippen LogP contribution in [0.5, 0.6) is 11.5 Å². The van der Waals surface area contributed by atoms with Gasteiger partial charge in [0.05, 0.1) is 18.8 Å². The van der Waals surface area contributed by atoms with Gasteiger partial charge in [-0.25, -0.2) is 9.59 Å². The lowest BCUT2D eigenvalue weighted by Gasteiger charge is -2.08. The van der Waals surface area contributed by atoms with Gasteiger partial charge in [-0.2, -0.15) is 0 Å². The normalized spacial score (nSPS) is 10.2. The van der Waals surface area contributed by atoms with Gasteiger partial charge >= 0.3 is 11.9 Å². The number of carbonyl (C=O) groups is 3. The van der Waals surface area contributed by atoms with Crippen molar-refractivity contribution >= 4 is 17.7 Å². The van der Waals surface area contributed by atoms with E-state index < -0.39 is 5.97 Å². The van der Waals surface area contributed by atoms with Crippen LogP contribution >= 0.6 is 0 Å². The molecular formula is C26H28O6. The van der Waals surface area contributed by atoms with E-state index in [1.54, 1.807) is 55.5 Å². The summed E-state index contributed by atoms with van der Waals surface area (Å²) in [4.78, 5) is 35.1. The second kappa shape index (κ2) is 12.9. The number of rotatable bonds is 13. The van der Waals surface area contributed by atoms with Crippen LogP contribution in [0, 0.1) is 0 Å². The molecule has 0 fully saturated rings. The van der Waals surface area contributed by atoms with Gasteiger partial charge in [0, 0.05) is 11.1 Å². The van der Waals surface area contributed by atoms with Gasteiger partial charge in [0.15, 0.2) is 5.78 Å². The number of esters is 2. The van der Waals surface area contributed by atoms with Crippen LogP contribution in [0.2, 0.25) is 0 Å². The maximum atomic E-state index is 12.3. The van der Waals surface area contributed by atoms with Crippen LogP contribution in [-0.2, 0) is 9.53 Å². The molecule has 0 aliphatic carbocycles. The van der Waals surface area contributed by atoms with E-state index in [-0.39, 0.29) is 11.8 Å². The molecular weight excluding hydrogens is 408 g/mol. The molecule has 6 nitrogen and oxygen atoms in total. The average Bonchev–Trinajstić information content (AvgIpc) is 2.80. The quantitative estimate of drug-likeness (QED) is 0.139. The predicted molar refractivity (Wildman–Crippen MR) is 122 cm³/mol. The first-order valence-electron chi connectivity index (χ1n) is 10.4. The number of hydrogen-bond acceptors (Lipinski definition) is 6. The van der Waals surface area contributed by atoms with E-state index in [9.17, 15) is 14.4 Å². The van der Waals surface area contributed by atoms with E-state index >= 15 is 0 Å². The Bertz CT molecular complexity index is 941. The standard InChI is InChI=1S/C26H28O6/c1-4-24(27)20-9-15-23(16-10-20)32-26(29)21-11-13-22(14-12-21)30-17-7-5-6-8-18-31-25(28)19(2)3/h4,9-16H,1-2,5-8,17-18H2,3H3. The van der Waals surface area contributed by atoms with Crippen LogP contribution in [0.15, 0.2) is 73.3 Å². The zero-order valence-electron chi connectivity index (χ0n) is 18.3. The molecule has 0 aliphatic heterocycles. The van der Waals surface area contributed by atoms with E-state index in [0.29, 0.717) is 41.4 Å². The first-order chi connectivity index (χ1) is 15.4. The van der Waals surface area contributed by atoms with Gasteiger partial charge in [0.1, 0.15) is 11.5 Å². The van der Waals surface area contributed by atoms with Crippen molar-refractivity contribution in [3.63, 3.8) is 0 Å². The fraction of sp³-hybridized carbons (Fsp3) is 0.269. The summed E-state index contributed by atoms with van der Waals surface area (Å²) in [7, 11) is 0. The summed E-state index contributed by atoms with van der Waals surface area (Å²) in [5.74, 6) is -0.0117. The Morgan fingerprint density at radius 2 is 1.38 bits per heavy atom. The minimum Gasteiger partial charge on any atom is -0.494 e. The van der Waals surface area contributed by atoms with Crippen LogP contribution in [0.1, 0.15) is 53.3 Å². The summed E-state index contributed by atoms with van der Waals surface area (Å²) in [6.45, 7) is 9.57. The van der Waals surface area contributed by atoms with Crippen LogP contribution in [0.3, 0.4) is 0 Å². The Morgan fingerprint density at radius 1 is 0.812 bits per heavy atom. The summed E-state index contributed by atoms with van der Waals surface area (Å²) in [5, 5.41) is 0. The number of carbonyl (C=O) groups excluding carboxylic acids is 3. The number of ether oxygens (including phenoxy) is 3. The van der Waals surface area contributed by atoms with Gasteiger partial charge in [0.2, 0.25) is 0 Å². The van der Waals surface area contributed by atoms with E-state index in [2.05, 4.69) is 13.2 Å². The molecule has 0 saturated heterocycles. The second-order valence-corrected chi connectivity index (χ2v) is 7.19. The third-order valence-corrected chi connectivity index (χ3v) is 4.51. The third-order valence-electron chi connectivity index (χ3n) is 4.51. The Kier molecular flexibility index (Phi) is 9.91. The molecule has 2 aromatic carbocycles. The Morgan fingerprint density at radius 3 is 1.97 bits per heavy atom. The van der Waals surface area contributed by atoms with E-state index in [0.717, 1.165) is 25.7 Å². The van der Waals surface area contributed by atoms with Crippen molar-refractivity contribution in [3.05, 3.63) is 84.5 Å². The molecule has 0 bridgehead atoms. The first kappa shape index (κ1) is 24.6. The maximum absolute atomic E-state index is 12.3. The fourth-order valence-electron chi connectivity index (χ4n) is 2.69. The molecule has 0 radical (unpaired) electrons. The molecule has 32 heavy (non-hydrogen) atoms. The monoisotopic (exact) mass is 436 g/mol. The van der Waals surface area contributed by atoms with Crippen molar-refractivity contribution in [2.24, 2.45) is 0 Å². The third kappa shape index (κ3) is 8.22. The van der Waals surface area contributed by atoms with Gasteiger partial charge in [-0.15, -0.1) is 0 Å². The molecule has 6 heteroatoms. The molecule has 0 saturated carbocycles. The van der Waals surface area contributed by atoms with Gasteiger partial charge < -0.3 is 14.2 Å². The Hall–Kier alpha value is -3.67. The Balaban J connectivity index is 1.67. The van der Waals surface area contributed by atoms with Crippen LogP contribution in [-0.4, -0.2) is 30.9 Å². The van der Waals surface area contributed by atoms with Crippen LogP contribution < -0.4 is 9.47 Å². The smallest absolute Gasteiger partial charge is 0.343 e. The molecule has 0 aliphatic rings.